The van der Waals surface area contributed by atoms with Crippen molar-refractivity contribution in [1.82, 2.24) is 0 Å². The molecular formula is C17H35NO3. The molecule has 4 nitrogen and oxygen atoms in total. The van der Waals surface area contributed by atoms with Crippen LogP contribution < -0.4 is 5.73 Å². The lowest BCUT2D eigenvalue weighted by Crippen LogP contribution is -2.41. The fourth-order valence-electron chi connectivity index (χ4n) is 1.54. The van der Waals surface area contributed by atoms with Gasteiger partial charge < -0.3 is 15.2 Å². The molecule has 0 spiro atoms. The first-order valence-corrected chi connectivity index (χ1v) is 7.86. The van der Waals surface area contributed by atoms with Crippen LogP contribution in [0.25, 0.3) is 0 Å². The normalized spacial score (nSPS) is 14.9. The second-order valence-corrected chi connectivity index (χ2v) is 8.14. The maximum Gasteiger partial charge on any atom is 0.306 e. The zero-order chi connectivity index (χ0) is 16.9. The molecule has 4 heteroatoms. The van der Waals surface area contributed by atoms with Gasteiger partial charge in [-0.3, -0.25) is 4.79 Å². The third kappa shape index (κ3) is 7.82. The van der Waals surface area contributed by atoms with E-state index in [0.29, 0.717) is 26.0 Å². The SMILES string of the molecule is CC(CN)CC(=O)OC(C)(C)CCOC(C)(C)C(C)(C)C. The van der Waals surface area contributed by atoms with Gasteiger partial charge in [0.1, 0.15) is 5.60 Å². The zero-order valence-electron chi connectivity index (χ0n) is 15.2. The second-order valence-electron chi connectivity index (χ2n) is 8.14. The number of rotatable bonds is 8. The molecule has 1 unspecified atom stereocenters. The van der Waals surface area contributed by atoms with Crippen LogP contribution in [-0.2, 0) is 14.3 Å². The molecule has 0 bridgehead atoms. The van der Waals surface area contributed by atoms with Crippen LogP contribution in [0.1, 0.15) is 68.2 Å². The number of carbonyl (C=O) groups is 1. The Hall–Kier alpha value is -0.610. The minimum atomic E-state index is -0.515. The number of carbonyl (C=O) groups excluding carboxylic acids is 1. The highest BCUT2D eigenvalue weighted by atomic mass is 16.6. The van der Waals surface area contributed by atoms with Crippen molar-refractivity contribution in [2.75, 3.05) is 13.2 Å². The Bertz CT molecular complexity index is 329. The van der Waals surface area contributed by atoms with Crippen molar-refractivity contribution in [3.05, 3.63) is 0 Å². The molecule has 0 aliphatic rings. The Kier molecular flexibility index (Phi) is 7.37. The van der Waals surface area contributed by atoms with Crippen molar-refractivity contribution in [2.24, 2.45) is 17.1 Å². The van der Waals surface area contributed by atoms with E-state index in [1.807, 2.05) is 20.8 Å². The average molecular weight is 301 g/mol. The van der Waals surface area contributed by atoms with E-state index in [1.54, 1.807) is 0 Å². The minimum Gasteiger partial charge on any atom is -0.460 e. The van der Waals surface area contributed by atoms with Gasteiger partial charge in [0, 0.05) is 12.8 Å². The lowest BCUT2D eigenvalue weighted by molar-refractivity contribution is -0.161. The topological polar surface area (TPSA) is 61.6 Å². The predicted molar refractivity (Wildman–Crippen MR) is 87.1 cm³/mol. The van der Waals surface area contributed by atoms with Crippen molar-refractivity contribution in [2.45, 2.75) is 79.4 Å². The van der Waals surface area contributed by atoms with Gasteiger partial charge >= 0.3 is 5.97 Å². The van der Waals surface area contributed by atoms with E-state index in [2.05, 4.69) is 34.6 Å². The fourth-order valence-corrected chi connectivity index (χ4v) is 1.54. The average Bonchev–Trinajstić information content (AvgIpc) is 2.25. The van der Waals surface area contributed by atoms with E-state index < -0.39 is 5.60 Å². The van der Waals surface area contributed by atoms with E-state index in [-0.39, 0.29) is 22.9 Å². The van der Waals surface area contributed by atoms with E-state index in [9.17, 15) is 4.79 Å². The van der Waals surface area contributed by atoms with Gasteiger partial charge in [-0.1, -0.05) is 27.7 Å². The molecule has 1 atom stereocenters. The van der Waals surface area contributed by atoms with Crippen LogP contribution >= 0.6 is 0 Å². The Balaban J connectivity index is 4.28. The van der Waals surface area contributed by atoms with Crippen LogP contribution in [-0.4, -0.2) is 30.3 Å². The Morgan fingerprint density at radius 1 is 1.10 bits per heavy atom. The van der Waals surface area contributed by atoms with Crippen molar-refractivity contribution in [1.29, 1.82) is 0 Å². The quantitative estimate of drug-likeness (QED) is 0.697. The molecule has 0 radical (unpaired) electrons. The lowest BCUT2D eigenvalue weighted by Gasteiger charge is -2.39. The summed E-state index contributed by atoms with van der Waals surface area (Å²) in [5, 5.41) is 0. The summed E-state index contributed by atoms with van der Waals surface area (Å²) < 4.78 is 11.5. The number of hydrogen-bond donors (Lipinski definition) is 1. The van der Waals surface area contributed by atoms with Gasteiger partial charge in [-0.25, -0.2) is 0 Å². The highest BCUT2D eigenvalue weighted by molar-refractivity contribution is 5.70. The van der Waals surface area contributed by atoms with E-state index in [4.69, 9.17) is 15.2 Å². The van der Waals surface area contributed by atoms with Gasteiger partial charge in [0.15, 0.2) is 0 Å². The van der Waals surface area contributed by atoms with Crippen LogP contribution in [0.3, 0.4) is 0 Å². The van der Waals surface area contributed by atoms with Gasteiger partial charge in [0.25, 0.3) is 0 Å². The van der Waals surface area contributed by atoms with Gasteiger partial charge in [0.2, 0.25) is 0 Å². The number of esters is 1. The number of hydrogen-bond acceptors (Lipinski definition) is 4. The molecule has 0 saturated heterocycles. The molecule has 21 heavy (non-hydrogen) atoms. The van der Waals surface area contributed by atoms with Gasteiger partial charge in [0.05, 0.1) is 12.2 Å². The summed E-state index contributed by atoms with van der Waals surface area (Å²) >= 11 is 0. The third-order valence-electron chi connectivity index (χ3n) is 4.28. The maximum absolute atomic E-state index is 11.8. The van der Waals surface area contributed by atoms with Gasteiger partial charge in [-0.2, -0.15) is 0 Å². The molecule has 0 aromatic rings. The first-order chi connectivity index (χ1) is 9.31. The number of nitrogens with two attached hydrogens (primary N) is 1. The van der Waals surface area contributed by atoms with Crippen molar-refractivity contribution in [3.63, 3.8) is 0 Å². The molecule has 0 aromatic heterocycles. The Morgan fingerprint density at radius 2 is 1.62 bits per heavy atom. The molecule has 0 aromatic carbocycles. The smallest absolute Gasteiger partial charge is 0.306 e. The summed E-state index contributed by atoms with van der Waals surface area (Å²) in [5.41, 5.74) is 4.85. The summed E-state index contributed by atoms with van der Waals surface area (Å²) in [6.45, 7) is 17.5. The minimum absolute atomic E-state index is 0.0599. The Morgan fingerprint density at radius 3 is 2.05 bits per heavy atom. The van der Waals surface area contributed by atoms with E-state index in [1.165, 1.54) is 0 Å². The molecule has 0 aliphatic heterocycles. The second kappa shape index (κ2) is 7.59. The van der Waals surface area contributed by atoms with Gasteiger partial charge in [-0.05, 0) is 45.6 Å². The summed E-state index contributed by atoms with van der Waals surface area (Å²) in [4.78, 5) is 11.8. The summed E-state index contributed by atoms with van der Waals surface area (Å²) in [5.74, 6) is -0.0302. The summed E-state index contributed by atoms with van der Waals surface area (Å²) in [6.07, 6.45) is 1.05. The molecular weight excluding hydrogens is 266 g/mol. The van der Waals surface area contributed by atoms with Crippen LogP contribution in [0.5, 0.6) is 0 Å². The first-order valence-electron chi connectivity index (χ1n) is 7.86. The van der Waals surface area contributed by atoms with Crippen molar-refractivity contribution < 1.29 is 14.3 Å². The highest BCUT2D eigenvalue weighted by Gasteiger charge is 2.34. The van der Waals surface area contributed by atoms with Crippen LogP contribution in [0.4, 0.5) is 0 Å². The molecule has 0 rings (SSSR count). The monoisotopic (exact) mass is 301 g/mol. The lowest BCUT2D eigenvalue weighted by atomic mass is 9.79. The molecule has 2 N–H and O–H groups in total. The van der Waals surface area contributed by atoms with E-state index >= 15 is 0 Å². The molecule has 126 valence electrons. The van der Waals surface area contributed by atoms with Crippen LogP contribution in [0, 0.1) is 11.3 Å². The summed E-state index contributed by atoms with van der Waals surface area (Å²) in [6, 6.07) is 0. The Labute approximate surface area is 130 Å². The first kappa shape index (κ1) is 20.4. The standard InChI is InChI=1S/C17H35NO3/c1-13(12-18)11-14(19)21-16(5,6)9-10-20-17(7,8)15(2,3)4/h13H,9-12,18H2,1-8H3. The summed E-state index contributed by atoms with van der Waals surface area (Å²) in [7, 11) is 0. The molecule has 0 aliphatic carbocycles. The van der Waals surface area contributed by atoms with Crippen molar-refractivity contribution in [3.8, 4) is 0 Å². The van der Waals surface area contributed by atoms with Crippen molar-refractivity contribution >= 4 is 5.97 Å². The third-order valence-corrected chi connectivity index (χ3v) is 4.28. The predicted octanol–water partition coefficient (Wildman–Crippen LogP) is 3.52. The zero-order valence-corrected chi connectivity index (χ0v) is 15.2. The number of ether oxygens (including phenoxy) is 2. The fraction of sp³-hybridized carbons (Fsp3) is 0.941. The molecule has 0 fully saturated rings. The van der Waals surface area contributed by atoms with Crippen LogP contribution in [0.2, 0.25) is 0 Å². The van der Waals surface area contributed by atoms with Crippen LogP contribution in [0.15, 0.2) is 0 Å². The highest BCUT2D eigenvalue weighted by Crippen LogP contribution is 2.33. The maximum atomic E-state index is 11.8. The van der Waals surface area contributed by atoms with Gasteiger partial charge in [-0.15, -0.1) is 0 Å². The van der Waals surface area contributed by atoms with E-state index in [0.717, 1.165) is 0 Å². The largest absolute Gasteiger partial charge is 0.460 e. The molecule has 0 amide bonds. The molecule has 0 saturated carbocycles. The molecule has 0 heterocycles.